The maximum absolute atomic E-state index is 11.9. The molecule has 0 saturated heterocycles. The number of carbonyl (C=O) groups excluding carboxylic acids is 1. The SMILES string of the molecule is O=C(O)c1ccccc1C(=O)OCCOc1ccccc1Cl. The highest BCUT2D eigenvalue weighted by Crippen LogP contribution is 2.22. The molecule has 0 aliphatic rings. The zero-order valence-electron chi connectivity index (χ0n) is 11.5. The number of esters is 1. The number of halogens is 1. The quantitative estimate of drug-likeness (QED) is 0.653. The zero-order chi connectivity index (χ0) is 15.9. The number of para-hydroxylation sites is 1. The average molecular weight is 321 g/mol. The average Bonchev–Trinajstić information content (AvgIpc) is 2.52. The monoisotopic (exact) mass is 320 g/mol. The van der Waals surface area contributed by atoms with Crippen molar-refractivity contribution in [3.8, 4) is 5.75 Å². The van der Waals surface area contributed by atoms with Gasteiger partial charge in [0.2, 0.25) is 0 Å². The second-order valence-corrected chi connectivity index (χ2v) is 4.67. The summed E-state index contributed by atoms with van der Waals surface area (Å²) in [5, 5.41) is 9.48. The van der Waals surface area contributed by atoms with Crippen LogP contribution in [0, 0.1) is 0 Å². The standard InChI is InChI=1S/C16H13ClO5/c17-13-7-3-4-8-14(13)21-9-10-22-16(20)12-6-2-1-5-11(12)15(18)19/h1-8H,9-10H2,(H,18,19). The summed E-state index contributed by atoms with van der Waals surface area (Å²) in [5.74, 6) is -1.40. The minimum Gasteiger partial charge on any atom is -0.488 e. The maximum Gasteiger partial charge on any atom is 0.339 e. The van der Waals surface area contributed by atoms with Crippen molar-refractivity contribution in [1.82, 2.24) is 0 Å². The number of ether oxygens (including phenoxy) is 2. The lowest BCUT2D eigenvalue weighted by atomic mass is 10.1. The fourth-order valence-electron chi connectivity index (χ4n) is 1.77. The van der Waals surface area contributed by atoms with Gasteiger partial charge >= 0.3 is 11.9 Å². The first-order valence-corrected chi connectivity index (χ1v) is 6.84. The van der Waals surface area contributed by atoms with Gasteiger partial charge in [0.05, 0.1) is 16.1 Å². The summed E-state index contributed by atoms with van der Waals surface area (Å²) in [6, 6.07) is 12.8. The highest BCUT2D eigenvalue weighted by Gasteiger charge is 2.16. The molecule has 0 amide bonds. The minimum absolute atomic E-state index is 0.00717. The van der Waals surface area contributed by atoms with Gasteiger partial charge in [0, 0.05) is 0 Å². The Morgan fingerprint density at radius 2 is 1.59 bits per heavy atom. The summed E-state index contributed by atoms with van der Waals surface area (Å²) >= 11 is 5.92. The third-order valence-electron chi connectivity index (χ3n) is 2.79. The molecular formula is C16H13ClO5. The topological polar surface area (TPSA) is 72.8 Å². The second kappa shape index (κ2) is 7.47. The van der Waals surface area contributed by atoms with Gasteiger partial charge in [0.1, 0.15) is 19.0 Å². The van der Waals surface area contributed by atoms with E-state index in [2.05, 4.69) is 0 Å². The van der Waals surface area contributed by atoms with Gasteiger partial charge in [0.15, 0.2) is 0 Å². The van der Waals surface area contributed by atoms with Gasteiger partial charge in [-0.2, -0.15) is 0 Å². The van der Waals surface area contributed by atoms with Crippen LogP contribution in [-0.4, -0.2) is 30.3 Å². The van der Waals surface area contributed by atoms with Crippen molar-refractivity contribution in [2.75, 3.05) is 13.2 Å². The Labute approximate surface area is 132 Å². The molecule has 0 unspecified atom stereocenters. The van der Waals surface area contributed by atoms with Crippen molar-refractivity contribution >= 4 is 23.5 Å². The van der Waals surface area contributed by atoms with Crippen LogP contribution in [0.15, 0.2) is 48.5 Å². The summed E-state index contributed by atoms with van der Waals surface area (Å²) < 4.78 is 10.4. The molecule has 0 aliphatic carbocycles. The lowest BCUT2D eigenvalue weighted by Crippen LogP contribution is -2.15. The molecule has 114 valence electrons. The van der Waals surface area contributed by atoms with E-state index in [0.717, 1.165) is 0 Å². The lowest BCUT2D eigenvalue weighted by molar-refractivity contribution is 0.0442. The summed E-state index contributed by atoms with van der Waals surface area (Å²) in [6.45, 7) is 0.0999. The molecule has 0 radical (unpaired) electrons. The fraction of sp³-hybridized carbons (Fsp3) is 0.125. The fourth-order valence-corrected chi connectivity index (χ4v) is 1.96. The van der Waals surface area contributed by atoms with E-state index in [1.54, 1.807) is 36.4 Å². The van der Waals surface area contributed by atoms with Crippen molar-refractivity contribution in [3.63, 3.8) is 0 Å². The van der Waals surface area contributed by atoms with E-state index in [0.29, 0.717) is 10.8 Å². The van der Waals surface area contributed by atoms with E-state index < -0.39 is 11.9 Å². The number of carboxylic acid groups (broad SMARTS) is 1. The summed E-state index contributed by atoms with van der Waals surface area (Å²) in [7, 11) is 0. The first-order chi connectivity index (χ1) is 10.6. The Hall–Kier alpha value is -2.53. The van der Waals surface area contributed by atoms with Crippen molar-refractivity contribution in [1.29, 1.82) is 0 Å². The molecule has 5 nitrogen and oxygen atoms in total. The number of rotatable bonds is 6. The number of carbonyl (C=O) groups is 2. The largest absolute Gasteiger partial charge is 0.488 e. The van der Waals surface area contributed by atoms with Gasteiger partial charge in [-0.1, -0.05) is 35.9 Å². The molecule has 0 aromatic heterocycles. The molecular weight excluding hydrogens is 308 g/mol. The van der Waals surface area contributed by atoms with Crippen LogP contribution in [0.5, 0.6) is 5.75 Å². The first-order valence-electron chi connectivity index (χ1n) is 6.46. The Morgan fingerprint density at radius 1 is 0.955 bits per heavy atom. The van der Waals surface area contributed by atoms with Gasteiger partial charge in [-0.25, -0.2) is 9.59 Å². The molecule has 0 atom stereocenters. The number of benzene rings is 2. The predicted octanol–water partition coefficient (Wildman–Crippen LogP) is 3.27. The van der Waals surface area contributed by atoms with Crippen LogP contribution < -0.4 is 4.74 Å². The predicted molar refractivity (Wildman–Crippen MR) is 80.6 cm³/mol. The smallest absolute Gasteiger partial charge is 0.339 e. The molecule has 0 heterocycles. The molecule has 0 spiro atoms. The van der Waals surface area contributed by atoms with Gasteiger partial charge in [-0.05, 0) is 24.3 Å². The molecule has 2 rings (SSSR count). The van der Waals surface area contributed by atoms with E-state index in [1.807, 2.05) is 0 Å². The lowest BCUT2D eigenvalue weighted by Gasteiger charge is -2.09. The normalized spacial score (nSPS) is 10.0. The van der Waals surface area contributed by atoms with Gasteiger partial charge < -0.3 is 14.6 Å². The van der Waals surface area contributed by atoms with Crippen LogP contribution in [0.25, 0.3) is 0 Å². The Kier molecular flexibility index (Phi) is 5.38. The molecule has 0 bridgehead atoms. The van der Waals surface area contributed by atoms with Crippen molar-refractivity contribution in [2.45, 2.75) is 0 Å². The summed E-state index contributed by atoms with van der Waals surface area (Å²) in [5.41, 5.74) is -0.0905. The third-order valence-corrected chi connectivity index (χ3v) is 3.10. The maximum atomic E-state index is 11.9. The first kappa shape index (κ1) is 15.9. The third kappa shape index (κ3) is 3.99. The summed E-state index contributed by atoms with van der Waals surface area (Å²) in [6.07, 6.45) is 0. The second-order valence-electron chi connectivity index (χ2n) is 4.27. The van der Waals surface area contributed by atoms with E-state index in [1.165, 1.54) is 12.1 Å². The Bertz CT molecular complexity index is 684. The molecule has 0 aliphatic heterocycles. The van der Waals surface area contributed by atoms with Crippen LogP contribution in [0.1, 0.15) is 20.7 Å². The summed E-state index contributed by atoms with van der Waals surface area (Å²) in [4.78, 5) is 22.9. The van der Waals surface area contributed by atoms with Crippen LogP contribution in [0.2, 0.25) is 5.02 Å². The molecule has 0 saturated carbocycles. The van der Waals surface area contributed by atoms with Gasteiger partial charge in [0.25, 0.3) is 0 Å². The minimum atomic E-state index is -1.18. The number of carboxylic acids is 1. The zero-order valence-corrected chi connectivity index (χ0v) is 12.2. The number of hydrogen-bond acceptors (Lipinski definition) is 4. The highest BCUT2D eigenvalue weighted by molar-refractivity contribution is 6.32. The molecule has 6 heteroatoms. The van der Waals surface area contributed by atoms with E-state index in [-0.39, 0.29) is 24.3 Å². The van der Waals surface area contributed by atoms with Crippen LogP contribution in [-0.2, 0) is 4.74 Å². The van der Waals surface area contributed by atoms with E-state index >= 15 is 0 Å². The highest BCUT2D eigenvalue weighted by atomic mass is 35.5. The van der Waals surface area contributed by atoms with E-state index in [4.69, 9.17) is 26.2 Å². The van der Waals surface area contributed by atoms with Gasteiger partial charge in [-0.15, -0.1) is 0 Å². The van der Waals surface area contributed by atoms with Crippen LogP contribution >= 0.6 is 11.6 Å². The Balaban J connectivity index is 1.89. The molecule has 0 fully saturated rings. The van der Waals surface area contributed by atoms with Crippen molar-refractivity contribution in [3.05, 3.63) is 64.7 Å². The van der Waals surface area contributed by atoms with Crippen molar-refractivity contribution < 1.29 is 24.2 Å². The molecule has 2 aromatic carbocycles. The molecule has 2 aromatic rings. The molecule has 1 N–H and O–H groups in total. The van der Waals surface area contributed by atoms with Gasteiger partial charge in [-0.3, -0.25) is 0 Å². The number of hydrogen-bond donors (Lipinski definition) is 1. The van der Waals surface area contributed by atoms with E-state index in [9.17, 15) is 9.59 Å². The van der Waals surface area contributed by atoms with Crippen molar-refractivity contribution in [2.24, 2.45) is 0 Å². The van der Waals surface area contributed by atoms with Crippen LogP contribution in [0.4, 0.5) is 0 Å². The molecule has 22 heavy (non-hydrogen) atoms. The van der Waals surface area contributed by atoms with Crippen LogP contribution in [0.3, 0.4) is 0 Å². The number of aromatic carboxylic acids is 1. The Morgan fingerprint density at radius 3 is 2.27 bits per heavy atom.